The number of halogens is 4. The molecule has 0 heterocycles. The van der Waals surface area contributed by atoms with Crippen LogP contribution in [-0.4, -0.2) is 17.1 Å². The Balaban J connectivity index is 1.98. The fraction of sp³-hybridized carbons (Fsp3) is 1.00. The van der Waals surface area contributed by atoms with Crippen LogP contribution in [0.2, 0.25) is 0 Å². The highest BCUT2D eigenvalue weighted by Crippen LogP contribution is 2.54. The standard InChI is InChI=1S/C11H16F4O/c1-6-2-8-3-7(6)4-9(8)5-10(12,16)11(13,14)15/h6-9,16H,2-5H2,1H3. The van der Waals surface area contributed by atoms with E-state index in [1.54, 1.807) is 0 Å². The molecule has 1 N–H and O–H groups in total. The van der Waals surface area contributed by atoms with Crippen LogP contribution >= 0.6 is 0 Å². The minimum atomic E-state index is -5.17. The highest BCUT2D eigenvalue weighted by Gasteiger charge is 2.58. The molecule has 0 aromatic heterocycles. The number of fused-ring (bicyclic) bond motifs is 2. The van der Waals surface area contributed by atoms with Crippen molar-refractivity contribution in [3.05, 3.63) is 0 Å². The van der Waals surface area contributed by atoms with E-state index in [9.17, 15) is 17.6 Å². The maximum atomic E-state index is 13.1. The summed E-state index contributed by atoms with van der Waals surface area (Å²) in [6, 6.07) is 0. The van der Waals surface area contributed by atoms with Crippen molar-refractivity contribution < 1.29 is 22.7 Å². The quantitative estimate of drug-likeness (QED) is 0.734. The Morgan fingerprint density at radius 3 is 2.06 bits per heavy atom. The molecule has 0 saturated heterocycles. The third-order valence-corrected chi connectivity index (χ3v) is 4.32. The van der Waals surface area contributed by atoms with Crippen molar-refractivity contribution in [3.63, 3.8) is 0 Å². The molecule has 5 unspecified atom stereocenters. The molecule has 1 nitrogen and oxygen atoms in total. The van der Waals surface area contributed by atoms with Crippen LogP contribution in [0.1, 0.15) is 32.6 Å². The second-order valence-electron chi connectivity index (χ2n) is 5.43. The molecule has 2 bridgehead atoms. The van der Waals surface area contributed by atoms with E-state index in [-0.39, 0.29) is 11.8 Å². The molecule has 94 valence electrons. The number of alkyl halides is 4. The normalized spacial score (nSPS) is 42.4. The van der Waals surface area contributed by atoms with Crippen LogP contribution < -0.4 is 0 Å². The van der Waals surface area contributed by atoms with Gasteiger partial charge in [-0.05, 0) is 42.9 Å². The van der Waals surface area contributed by atoms with Crippen molar-refractivity contribution in [1.29, 1.82) is 0 Å². The molecule has 16 heavy (non-hydrogen) atoms. The van der Waals surface area contributed by atoms with Gasteiger partial charge in [0.15, 0.2) is 0 Å². The molecule has 2 saturated carbocycles. The summed E-state index contributed by atoms with van der Waals surface area (Å²) in [7, 11) is 0. The maximum Gasteiger partial charge on any atom is 0.448 e. The summed E-state index contributed by atoms with van der Waals surface area (Å²) in [6.07, 6.45) is -3.54. The zero-order valence-electron chi connectivity index (χ0n) is 9.10. The van der Waals surface area contributed by atoms with Crippen LogP contribution in [0.15, 0.2) is 0 Å². The van der Waals surface area contributed by atoms with Gasteiger partial charge in [-0.3, -0.25) is 0 Å². The van der Waals surface area contributed by atoms with Gasteiger partial charge in [0, 0.05) is 6.42 Å². The van der Waals surface area contributed by atoms with Gasteiger partial charge in [-0.2, -0.15) is 13.2 Å². The minimum absolute atomic E-state index is 0.171. The van der Waals surface area contributed by atoms with E-state index in [1.165, 1.54) is 0 Å². The van der Waals surface area contributed by atoms with E-state index < -0.39 is 18.5 Å². The Bertz CT molecular complexity index is 272. The molecule has 0 aromatic rings. The predicted molar refractivity (Wildman–Crippen MR) is 50.2 cm³/mol. The van der Waals surface area contributed by atoms with Crippen molar-refractivity contribution in [3.8, 4) is 0 Å². The summed E-state index contributed by atoms with van der Waals surface area (Å²) >= 11 is 0. The first-order chi connectivity index (χ1) is 7.21. The first-order valence-corrected chi connectivity index (χ1v) is 5.68. The van der Waals surface area contributed by atoms with Crippen LogP contribution in [0, 0.1) is 23.7 Å². The Kier molecular flexibility index (Phi) is 2.72. The number of rotatable bonds is 2. The molecular formula is C11H16F4O. The Labute approximate surface area is 91.8 Å². The van der Waals surface area contributed by atoms with E-state index in [4.69, 9.17) is 5.11 Å². The molecule has 0 aliphatic heterocycles. The van der Waals surface area contributed by atoms with E-state index in [0.717, 1.165) is 12.8 Å². The van der Waals surface area contributed by atoms with E-state index in [0.29, 0.717) is 18.3 Å². The summed E-state index contributed by atoms with van der Waals surface area (Å²) < 4.78 is 49.6. The van der Waals surface area contributed by atoms with Gasteiger partial charge in [-0.15, -0.1) is 0 Å². The first-order valence-electron chi connectivity index (χ1n) is 5.68. The number of aliphatic hydroxyl groups is 1. The lowest BCUT2D eigenvalue weighted by atomic mass is 9.80. The summed E-state index contributed by atoms with van der Waals surface area (Å²) in [5.41, 5.74) is 0. The van der Waals surface area contributed by atoms with Crippen LogP contribution in [-0.2, 0) is 0 Å². The predicted octanol–water partition coefficient (Wildman–Crippen LogP) is 3.28. The molecular weight excluding hydrogens is 224 g/mol. The van der Waals surface area contributed by atoms with Gasteiger partial charge < -0.3 is 5.11 Å². The lowest BCUT2D eigenvalue weighted by Crippen LogP contribution is -2.43. The van der Waals surface area contributed by atoms with Crippen molar-refractivity contribution in [1.82, 2.24) is 0 Å². The van der Waals surface area contributed by atoms with Gasteiger partial charge in [-0.25, -0.2) is 4.39 Å². The van der Waals surface area contributed by atoms with Crippen LogP contribution in [0.4, 0.5) is 17.6 Å². The molecule has 2 fully saturated rings. The maximum absolute atomic E-state index is 13.1. The molecule has 2 aliphatic carbocycles. The third-order valence-electron chi connectivity index (χ3n) is 4.32. The SMILES string of the molecule is CC1CC2CC1CC2CC(O)(F)C(F)(F)F. The van der Waals surface area contributed by atoms with Gasteiger partial charge in [-0.1, -0.05) is 6.92 Å². The Morgan fingerprint density at radius 2 is 1.69 bits per heavy atom. The van der Waals surface area contributed by atoms with Gasteiger partial charge in [0.25, 0.3) is 0 Å². The van der Waals surface area contributed by atoms with Gasteiger partial charge in [0.1, 0.15) is 0 Å². The number of hydrogen-bond acceptors (Lipinski definition) is 1. The molecule has 0 amide bonds. The van der Waals surface area contributed by atoms with E-state index in [2.05, 4.69) is 6.92 Å². The Morgan fingerprint density at radius 1 is 1.06 bits per heavy atom. The summed E-state index contributed by atoms with van der Waals surface area (Å²) in [4.78, 5) is 0. The monoisotopic (exact) mass is 240 g/mol. The zero-order valence-corrected chi connectivity index (χ0v) is 9.10. The fourth-order valence-electron chi connectivity index (χ4n) is 3.40. The van der Waals surface area contributed by atoms with Crippen molar-refractivity contribution >= 4 is 0 Å². The van der Waals surface area contributed by atoms with Crippen LogP contribution in [0.25, 0.3) is 0 Å². The smallest absolute Gasteiger partial charge is 0.355 e. The van der Waals surface area contributed by atoms with E-state index >= 15 is 0 Å². The molecule has 0 aromatic carbocycles. The molecule has 2 aliphatic rings. The average Bonchev–Trinajstić information content (AvgIpc) is 2.59. The Hall–Kier alpha value is -0.320. The average molecular weight is 240 g/mol. The topological polar surface area (TPSA) is 20.2 Å². The molecule has 5 heteroatoms. The molecule has 0 radical (unpaired) electrons. The van der Waals surface area contributed by atoms with Gasteiger partial charge >= 0.3 is 12.0 Å². The second-order valence-corrected chi connectivity index (χ2v) is 5.43. The lowest BCUT2D eigenvalue weighted by Gasteiger charge is -2.30. The summed E-state index contributed by atoms with van der Waals surface area (Å²) in [5.74, 6) is -3.17. The van der Waals surface area contributed by atoms with Gasteiger partial charge in [0.2, 0.25) is 0 Å². The largest absolute Gasteiger partial charge is 0.448 e. The highest BCUT2D eigenvalue weighted by molar-refractivity contribution is 4.96. The fourth-order valence-corrected chi connectivity index (χ4v) is 3.40. The molecule has 0 spiro atoms. The van der Waals surface area contributed by atoms with Crippen molar-refractivity contribution in [2.75, 3.05) is 0 Å². The minimum Gasteiger partial charge on any atom is -0.355 e. The summed E-state index contributed by atoms with van der Waals surface area (Å²) in [5, 5.41) is 8.81. The molecule has 2 rings (SSSR count). The van der Waals surface area contributed by atoms with E-state index in [1.807, 2.05) is 0 Å². The highest BCUT2D eigenvalue weighted by atomic mass is 19.4. The zero-order chi connectivity index (χ0) is 12.1. The summed E-state index contributed by atoms with van der Waals surface area (Å²) in [6.45, 7) is 2.09. The van der Waals surface area contributed by atoms with Crippen molar-refractivity contribution in [2.45, 2.75) is 44.6 Å². The van der Waals surface area contributed by atoms with Crippen molar-refractivity contribution in [2.24, 2.45) is 23.7 Å². The second kappa shape index (κ2) is 3.59. The lowest BCUT2D eigenvalue weighted by molar-refractivity contribution is -0.322. The third kappa shape index (κ3) is 1.94. The van der Waals surface area contributed by atoms with Gasteiger partial charge in [0.05, 0.1) is 0 Å². The molecule has 5 atom stereocenters. The first kappa shape index (κ1) is 12.1. The number of hydrogen-bond donors (Lipinski definition) is 1. The van der Waals surface area contributed by atoms with Crippen LogP contribution in [0.3, 0.4) is 0 Å². The van der Waals surface area contributed by atoms with Crippen LogP contribution in [0.5, 0.6) is 0 Å².